The summed E-state index contributed by atoms with van der Waals surface area (Å²) in [6, 6.07) is 11.1. The van der Waals surface area contributed by atoms with Crippen molar-refractivity contribution in [1.29, 1.82) is 0 Å². The first kappa shape index (κ1) is 14.5. The van der Waals surface area contributed by atoms with Crippen LogP contribution in [-0.2, 0) is 6.61 Å². The number of hydrogen-bond acceptors (Lipinski definition) is 4. The first-order valence-corrected chi connectivity index (χ1v) is 6.82. The van der Waals surface area contributed by atoms with Crippen LogP contribution in [0.5, 0.6) is 17.2 Å². The zero-order chi connectivity index (χ0) is 14.5. The second kappa shape index (κ2) is 6.52. The van der Waals surface area contributed by atoms with Crippen LogP contribution in [0.4, 0.5) is 5.69 Å². The quantitative estimate of drug-likeness (QED) is 0.846. The Morgan fingerprint density at radius 2 is 1.75 bits per heavy atom. The molecular formula is C15H16BrNO3. The van der Waals surface area contributed by atoms with Gasteiger partial charge in [-0.1, -0.05) is 15.9 Å². The summed E-state index contributed by atoms with van der Waals surface area (Å²) in [7, 11) is 3.22. The lowest BCUT2D eigenvalue weighted by Crippen LogP contribution is -1.99. The van der Waals surface area contributed by atoms with E-state index in [-0.39, 0.29) is 0 Å². The topological polar surface area (TPSA) is 53.7 Å². The number of anilines is 1. The van der Waals surface area contributed by atoms with Crippen molar-refractivity contribution in [2.75, 3.05) is 20.0 Å². The van der Waals surface area contributed by atoms with Crippen molar-refractivity contribution in [2.24, 2.45) is 0 Å². The second-order valence-corrected chi connectivity index (χ2v) is 5.00. The molecule has 0 aliphatic rings. The molecule has 0 spiro atoms. The molecule has 0 aromatic heterocycles. The molecule has 2 aromatic rings. The highest BCUT2D eigenvalue weighted by Crippen LogP contribution is 2.28. The Bertz CT molecular complexity index is 602. The number of hydrogen-bond donors (Lipinski definition) is 1. The van der Waals surface area contributed by atoms with E-state index in [2.05, 4.69) is 15.9 Å². The molecule has 4 nitrogen and oxygen atoms in total. The summed E-state index contributed by atoms with van der Waals surface area (Å²) in [5.41, 5.74) is 7.39. The number of nitrogen functional groups attached to an aromatic ring is 1. The SMILES string of the molecule is COc1ccc(Br)c(COc2ccc(OC)c(N)c2)c1. The van der Waals surface area contributed by atoms with Gasteiger partial charge in [0.1, 0.15) is 23.9 Å². The Balaban J connectivity index is 2.10. The molecule has 0 radical (unpaired) electrons. The van der Waals surface area contributed by atoms with Crippen LogP contribution in [0.3, 0.4) is 0 Å². The molecular weight excluding hydrogens is 322 g/mol. The zero-order valence-electron chi connectivity index (χ0n) is 11.4. The minimum Gasteiger partial charge on any atom is -0.497 e. The van der Waals surface area contributed by atoms with Crippen LogP contribution in [0.2, 0.25) is 0 Å². The summed E-state index contributed by atoms with van der Waals surface area (Å²) in [5.74, 6) is 2.12. The molecule has 0 bridgehead atoms. The molecule has 0 saturated carbocycles. The molecule has 2 rings (SSSR count). The zero-order valence-corrected chi connectivity index (χ0v) is 12.9. The van der Waals surface area contributed by atoms with Crippen LogP contribution < -0.4 is 19.9 Å². The second-order valence-electron chi connectivity index (χ2n) is 4.15. The molecule has 106 valence electrons. The van der Waals surface area contributed by atoms with E-state index in [0.29, 0.717) is 23.8 Å². The van der Waals surface area contributed by atoms with E-state index in [1.807, 2.05) is 24.3 Å². The Labute approximate surface area is 126 Å². The lowest BCUT2D eigenvalue weighted by Gasteiger charge is -2.11. The molecule has 20 heavy (non-hydrogen) atoms. The first-order chi connectivity index (χ1) is 9.63. The molecule has 0 heterocycles. The summed E-state index contributed by atoms with van der Waals surface area (Å²) in [6.45, 7) is 0.420. The van der Waals surface area contributed by atoms with Crippen molar-refractivity contribution in [3.05, 3.63) is 46.4 Å². The molecule has 0 aliphatic heterocycles. The molecule has 0 atom stereocenters. The number of halogens is 1. The third-order valence-corrected chi connectivity index (χ3v) is 3.62. The lowest BCUT2D eigenvalue weighted by atomic mass is 10.2. The maximum absolute atomic E-state index is 5.84. The largest absolute Gasteiger partial charge is 0.497 e. The predicted octanol–water partition coefficient (Wildman–Crippen LogP) is 3.63. The summed E-state index contributed by atoms with van der Waals surface area (Å²) in [4.78, 5) is 0. The van der Waals surface area contributed by atoms with Crippen molar-refractivity contribution in [3.8, 4) is 17.2 Å². The molecule has 2 aromatic carbocycles. The number of nitrogens with two attached hydrogens (primary N) is 1. The molecule has 0 fully saturated rings. The molecule has 0 aliphatic carbocycles. The van der Waals surface area contributed by atoms with Gasteiger partial charge in [0.05, 0.1) is 19.9 Å². The van der Waals surface area contributed by atoms with Crippen LogP contribution in [0.15, 0.2) is 40.9 Å². The van der Waals surface area contributed by atoms with Gasteiger partial charge >= 0.3 is 0 Å². The molecule has 5 heteroatoms. The smallest absolute Gasteiger partial charge is 0.142 e. The van der Waals surface area contributed by atoms with E-state index in [9.17, 15) is 0 Å². The van der Waals surface area contributed by atoms with Crippen molar-refractivity contribution in [1.82, 2.24) is 0 Å². The van der Waals surface area contributed by atoms with Gasteiger partial charge in [-0.3, -0.25) is 0 Å². The van der Waals surface area contributed by atoms with Crippen molar-refractivity contribution in [2.45, 2.75) is 6.61 Å². The molecule has 2 N–H and O–H groups in total. The molecule has 0 amide bonds. The van der Waals surface area contributed by atoms with Gasteiger partial charge in [0.15, 0.2) is 0 Å². The highest BCUT2D eigenvalue weighted by atomic mass is 79.9. The van der Waals surface area contributed by atoms with Gasteiger partial charge in [0.25, 0.3) is 0 Å². The van der Waals surface area contributed by atoms with E-state index >= 15 is 0 Å². The summed E-state index contributed by atoms with van der Waals surface area (Å²) in [5, 5.41) is 0. The summed E-state index contributed by atoms with van der Waals surface area (Å²) < 4.78 is 17.0. The fourth-order valence-electron chi connectivity index (χ4n) is 1.75. The summed E-state index contributed by atoms with van der Waals surface area (Å²) >= 11 is 3.49. The van der Waals surface area contributed by atoms with Crippen molar-refractivity contribution >= 4 is 21.6 Å². The third kappa shape index (κ3) is 3.36. The Morgan fingerprint density at radius 3 is 2.40 bits per heavy atom. The van der Waals surface area contributed by atoms with Crippen LogP contribution in [0, 0.1) is 0 Å². The Kier molecular flexibility index (Phi) is 4.74. The maximum atomic E-state index is 5.84. The average Bonchev–Trinajstić information content (AvgIpc) is 2.46. The van der Waals surface area contributed by atoms with Crippen LogP contribution in [0.25, 0.3) is 0 Å². The Morgan fingerprint density at radius 1 is 1.00 bits per heavy atom. The number of methoxy groups -OCH3 is 2. The van der Waals surface area contributed by atoms with Gasteiger partial charge in [-0.05, 0) is 30.3 Å². The van der Waals surface area contributed by atoms with Crippen LogP contribution in [0.1, 0.15) is 5.56 Å². The number of ether oxygens (including phenoxy) is 3. The highest BCUT2D eigenvalue weighted by Gasteiger charge is 2.05. The maximum Gasteiger partial charge on any atom is 0.142 e. The minimum atomic E-state index is 0.420. The van der Waals surface area contributed by atoms with Gasteiger partial charge in [-0.15, -0.1) is 0 Å². The van der Waals surface area contributed by atoms with Crippen LogP contribution in [-0.4, -0.2) is 14.2 Å². The number of rotatable bonds is 5. The van der Waals surface area contributed by atoms with Crippen molar-refractivity contribution < 1.29 is 14.2 Å². The molecule has 0 unspecified atom stereocenters. The standard InChI is InChI=1S/C15H16BrNO3/c1-18-11-3-5-13(16)10(7-11)9-20-12-4-6-15(19-2)14(17)8-12/h3-8H,9,17H2,1-2H3. The van der Waals surface area contributed by atoms with Gasteiger partial charge in [0, 0.05) is 16.1 Å². The van der Waals surface area contributed by atoms with Crippen LogP contribution >= 0.6 is 15.9 Å². The fourth-order valence-corrected chi connectivity index (χ4v) is 2.11. The first-order valence-electron chi connectivity index (χ1n) is 6.02. The van der Waals surface area contributed by atoms with E-state index in [1.165, 1.54) is 0 Å². The van der Waals surface area contributed by atoms with E-state index < -0.39 is 0 Å². The van der Waals surface area contributed by atoms with Gasteiger partial charge in [0.2, 0.25) is 0 Å². The molecule has 0 saturated heterocycles. The van der Waals surface area contributed by atoms with Gasteiger partial charge in [-0.2, -0.15) is 0 Å². The third-order valence-electron chi connectivity index (χ3n) is 2.85. The van der Waals surface area contributed by atoms with Crippen molar-refractivity contribution in [3.63, 3.8) is 0 Å². The summed E-state index contributed by atoms with van der Waals surface area (Å²) in [6.07, 6.45) is 0. The average molecular weight is 338 g/mol. The minimum absolute atomic E-state index is 0.420. The monoisotopic (exact) mass is 337 g/mol. The fraction of sp³-hybridized carbons (Fsp3) is 0.200. The van der Waals surface area contributed by atoms with Gasteiger partial charge in [-0.25, -0.2) is 0 Å². The predicted molar refractivity (Wildman–Crippen MR) is 82.4 cm³/mol. The van der Waals surface area contributed by atoms with E-state index in [0.717, 1.165) is 15.8 Å². The Hall–Kier alpha value is -1.88. The van der Waals surface area contributed by atoms with Gasteiger partial charge < -0.3 is 19.9 Å². The van der Waals surface area contributed by atoms with E-state index in [4.69, 9.17) is 19.9 Å². The highest BCUT2D eigenvalue weighted by molar-refractivity contribution is 9.10. The normalized spacial score (nSPS) is 10.2. The lowest BCUT2D eigenvalue weighted by molar-refractivity contribution is 0.304. The van der Waals surface area contributed by atoms with E-state index in [1.54, 1.807) is 26.4 Å². The number of benzene rings is 2.